The summed E-state index contributed by atoms with van der Waals surface area (Å²) in [6.07, 6.45) is -1.12. The maximum atomic E-state index is 12.1. The Morgan fingerprint density at radius 2 is 1.79 bits per heavy atom. The van der Waals surface area contributed by atoms with Crippen molar-refractivity contribution in [3.63, 3.8) is 0 Å². The summed E-state index contributed by atoms with van der Waals surface area (Å²) in [6, 6.07) is 14.3. The van der Waals surface area contributed by atoms with Crippen LogP contribution in [-0.4, -0.2) is 50.9 Å². The van der Waals surface area contributed by atoms with Gasteiger partial charge in [0.1, 0.15) is 0 Å². The molecular weight excluding hydrogens is 448 g/mol. The van der Waals surface area contributed by atoms with Crippen LogP contribution in [0.1, 0.15) is 22.9 Å². The number of carbonyl (C=O) groups is 1. The highest BCUT2D eigenvalue weighted by atomic mass is 32.1. The minimum absolute atomic E-state index is 0.0560. The fourth-order valence-corrected chi connectivity index (χ4v) is 3.77. The minimum Gasteiger partial charge on any atom is -0.375 e. The van der Waals surface area contributed by atoms with E-state index >= 15 is 0 Å². The van der Waals surface area contributed by atoms with Crippen molar-refractivity contribution in [3.8, 4) is 0 Å². The van der Waals surface area contributed by atoms with Crippen molar-refractivity contribution in [1.82, 2.24) is 10.3 Å². The van der Waals surface area contributed by atoms with Gasteiger partial charge in [0.2, 0.25) is 11.7 Å². The molecule has 1 aromatic heterocycles. The molecule has 3 aromatic rings. The molecule has 33 heavy (non-hydrogen) atoms. The fraction of sp³-hybridized carbons (Fsp3) is 0.273. The molecule has 0 fully saturated rings. The second-order valence-corrected chi connectivity index (χ2v) is 8.29. The summed E-state index contributed by atoms with van der Waals surface area (Å²) in [6.45, 7) is -0.621. The Bertz CT molecular complexity index is 1060. The van der Waals surface area contributed by atoms with E-state index in [1.807, 2.05) is 0 Å². The van der Waals surface area contributed by atoms with E-state index in [1.54, 1.807) is 35.7 Å². The number of nitrogens with one attached hydrogen (secondary N) is 2. The number of nitrogen functional groups attached to an aromatic ring is 1. The van der Waals surface area contributed by atoms with E-state index in [4.69, 9.17) is 10.5 Å². The second-order valence-electron chi connectivity index (χ2n) is 7.40. The summed E-state index contributed by atoms with van der Waals surface area (Å²) < 4.78 is 5.19. The number of hydrogen-bond donors (Lipinski definition) is 7. The Balaban J connectivity index is 1.60. The molecule has 0 saturated heterocycles. The zero-order valence-electron chi connectivity index (χ0n) is 17.8. The lowest BCUT2D eigenvalue weighted by molar-refractivity contribution is -0.270. The Labute approximate surface area is 194 Å². The predicted octanol–water partition coefficient (Wildman–Crippen LogP) is 0.660. The predicted molar refractivity (Wildman–Crippen MR) is 123 cm³/mol. The van der Waals surface area contributed by atoms with Crippen LogP contribution in [-0.2, 0) is 21.7 Å². The van der Waals surface area contributed by atoms with E-state index in [0.29, 0.717) is 22.1 Å². The summed E-state index contributed by atoms with van der Waals surface area (Å²) in [7, 11) is 1.31. The average Bonchev–Trinajstić information content (AvgIpc) is 3.18. The number of ether oxygens (including phenoxy) is 1. The van der Waals surface area contributed by atoms with Crippen molar-refractivity contribution < 1.29 is 30.0 Å². The fourth-order valence-electron chi connectivity index (χ4n) is 3.20. The number of anilines is 2. The average molecular weight is 475 g/mol. The number of nitrogens with two attached hydrogens (primary N) is 1. The van der Waals surface area contributed by atoms with Gasteiger partial charge in [0.25, 0.3) is 5.91 Å². The number of hydrogen-bond acceptors (Lipinski definition) is 10. The Morgan fingerprint density at radius 3 is 2.36 bits per heavy atom. The Morgan fingerprint density at radius 1 is 1.12 bits per heavy atom. The molecule has 0 aliphatic heterocycles. The SMILES string of the molecule is COC(c1ccccc1)C(O)(O)NCC(O)(O)c1ccc(NC(=O)Cc2csc(N)n2)cc1. The van der Waals surface area contributed by atoms with Crippen LogP contribution in [0.4, 0.5) is 10.8 Å². The van der Waals surface area contributed by atoms with Gasteiger partial charge in [-0.25, -0.2) is 4.98 Å². The van der Waals surface area contributed by atoms with Crippen molar-refractivity contribution in [1.29, 1.82) is 0 Å². The number of carbonyl (C=O) groups excluding carboxylic acids is 1. The molecule has 1 atom stereocenters. The molecule has 0 aliphatic rings. The maximum absolute atomic E-state index is 12.1. The van der Waals surface area contributed by atoms with Crippen LogP contribution in [0, 0.1) is 0 Å². The smallest absolute Gasteiger partial charge is 0.254 e. The first-order chi connectivity index (χ1) is 15.6. The Hall–Kier alpha value is -2.90. The molecule has 0 bridgehead atoms. The highest BCUT2D eigenvalue weighted by Gasteiger charge is 2.39. The summed E-state index contributed by atoms with van der Waals surface area (Å²) in [5.74, 6) is -5.32. The first-order valence-electron chi connectivity index (χ1n) is 9.93. The monoisotopic (exact) mass is 474 g/mol. The molecular formula is C22H26N4O6S. The van der Waals surface area contributed by atoms with E-state index in [1.165, 1.54) is 42.7 Å². The number of amides is 1. The quantitative estimate of drug-likeness (QED) is 0.209. The lowest BCUT2D eigenvalue weighted by Crippen LogP contribution is -2.55. The van der Waals surface area contributed by atoms with Gasteiger partial charge in [-0.2, -0.15) is 0 Å². The Kier molecular flexibility index (Phi) is 7.76. The molecule has 10 nitrogen and oxygen atoms in total. The molecule has 0 spiro atoms. The maximum Gasteiger partial charge on any atom is 0.254 e. The van der Waals surface area contributed by atoms with Gasteiger partial charge in [0.15, 0.2) is 11.2 Å². The number of methoxy groups -OCH3 is 1. The normalized spacial score (nSPS) is 13.0. The zero-order chi connectivity index (χ0) is 24.1. The van der Waals surface area contributed by atoms with Gasteiger partial charge >= 0.3 is 0 Å². The third-order valence-corrected chi connectivity index (χ3v) is 5.56. The van der Waals surface area contributed by atoms with Crippen LogP contribution >= 0.6 is 11.3 Å². The summed E-state index contributed by atoms with van der Waals surface area (Å²) in [4.78, 5) is 16.2. The molecule has 0 radical (unpaired) electrons. The van der Waals surface area contributed by atoms with Gasteiger partial charge in [-0.15, -0.1) is 11.3 Å². The van der Waals surface area contributed by atoms with Crippen molar-refractivity contribution in [2.45, 2.75) is 24.2 Å². The van der Waals surface area contributed by atoms with Crippen LogP contribution in [0.25, 0.3) is 0 Å². The molecule has 1 amide bonds. The summed E-state index contributed by atoms with van der Waals surface area (Å²) >= 11 is 1.25. The van der Waals surface area contributed by atoms with Gasteiger partial charge in [-0.3, -0.25) is 10.1 Å². The number of nitrogens with zero attached hydrogens (tertiary/aromatic N) is 1. The topological polar surface area (TPSA) is 170 Å². The lowest BCUT2D eigenvalue weighted by Gasteiger charge is -2.34. The molecule has 0 saturated carbocycles. The number of benzene rings is 2. The minimum atomic E-state index is -2.58. The molecule has 1 heterocycles. The van der Waals surface area contributed by atoms with Gasteiger partial charge in [-0.05, 0) is 17.7 Å². The highest BCUT2D eigenvalue weighted by Crippen LogP contribution is 2.27. The molecule has 0 aliphatic carbocycles. The number of aromatic nitrogens is 1. The van der Waals surface area contributed by atoms with E-state index in [0.717, 1.165) is 0 Å². The first kappa shape index (κ1) is 24.7. The van der Waals surface area contributed by atoms with Crippen LogP contribution < -0.4 is 16.4 Å². The summed E-state index contributed by atoms with van der Waals surface area (Å²) in [5.41, 5.74) is 7.12. The lowest BCUT2D eigenvalue weighted by atomic mass is 10.0. The first-order valence-corrected chi connectivity index (χ1v) is 10.8. The van der Waals surface area contributed by atoms with Gasteiger partial charge in [0.05, 0.1) is 18.7 Å². The van der Waals surface area contributed by atoms with Crippen LogP contribution in [0.3, 0.4) is 0 Å². The third-order valence-electron chi connectivity index (χ3n) is 4.84. The molecule has 3 rings (SSSR count). The van der Waals surface area contributed by atoms with Gasteiger partial charge in [0, 0.05) is 23.7 Å². The largest absolute Gasteiger partial charge is 0.375 e. The van der Waals surface area contributed by atoms with Crippen molar-refractivity contribution in [2.24, 2.45) is 0 Å². The molecule has 8 N–H and O–H groups in total. The summed E-state index contributed by atoms with van der Waals surface area (Å²) in [5, 5.41) is 48.9. The molecule has 176 valence electrons. The number of rotatable bonds is 10. The highest BCUT2D eigenvalue weighted by molar-refractivity contribution is 7.13. The van der Waals surface area contributed by atoms with E-state index in [2.05, 4.69) is 15.6 Å². The molecule has 1 unspecified atom stereocenters. The van der Waals surface area contributed by atoms with Gasteiger partial charge in [-0.1, -0.05) is 42.5 Å². The zero-order valence-corrected chi connectivity index (χ0v) is 18.6. The van der Waals surface area contributed by atoms with E-state index in [9.17, 15) is 25.2 Å². The van der Waals surface area contributed by atoms with Crippen molar-refractivity contribution in [2.75, 3.05) is 24.7 Å². The van der Waals surface area contributed by atoms with E-state index < -0.39 is 24.3 Å². The number of aliphatic hydroxyl groups is 4. The van der Waals surface area contributed by atoms with Crippen LogP contribution in [0.15, 0.2) is 60.0 Å². The van der Waals surface area contributed by atoms with Crippen LogP contribution in [0.2, 0.25) is 0 Å². The molecule has 11 heteroatoms. The van der Waals surface area contributed by atoms with Crippen molar-refractivity contribution in [3.05, 3.63) is 76.8 Å². The third kappa shape index (κ3) is 6.55. The van der Waals surface area contributed by atoms with Crippen molar-refractivity contribution >= 4 is 28.1 Å². The number of thiazole rings is 1. The van der Waals surface area contributed by atoms with E-state index in [-0.39, 0.29) is 17.9 Å². The molecule has 2 aromatic carbocycles. The van der Waals surface area contributed by atoms with Gasteiger partial charge < -0.3 is 36.2 Å². The van der Waals surface area contributed by atoms with Crippen LogP contribution in [0.5, 0.6) is 0 Å². The standard InChI is InChI=1S/C22H26N4O6S/c1-32-19(14-5-3-2-4-6-14)22(30,31)24-13-21(28,29)15-7-9-16(10-8-15)25-18(27)11-17-12-33-20(23)26-17/h2-10,12,19,24,28-31H,11,13H2,1H3,(H2,23,26)(H,25,27). The second kappa shape index (κ2) is 10.4.